The summed E-state index contributed by atoms with van der Waals surface area (Å²) in [5, 5.41) is 8.67. The van der Waals surface area contributed by atoms with Crippen molar-refractivity contribution in [2.45, 2.75) is 0 Å². The molecule has 1 fully saturated rings. The van der Waals surface area contributed by atoms with Gasteiger partial charge in [-0.25, -0.2) is 0 Å². The van der Waals surface area contributed by atoms with Gasteiger partial charge in [-0.2, -0.15) is 5.10 Å². The Labute approximate surface area is 177 Å². The van der Waals surface area contributed by atoms with Crippen molar-refractivity contribution in [3.05, 3.63) is 97.2 Å². The highest BCUT2D eigenvalue weighted by molar-refractivity contribution is 5.79. The average molecular weight is 393 g/mol. The first-order valence-corrected chi connectivity index (χ1v) is 10.4. The molecule has 0 unspecified atom stereocenters. The molecular formula is C26H24N4. The van der Waals surface area contributed by atoms with Crippen LogP contribution in [0.5, 0.6) is 0 Å². The van der Waals surface area contributed by atoms with Crippen LogP contribution in [-0.4, -0.2) is 36.4 Å². The van der Waals surface area contributed by atoms with E-state index < -0.39 is 0 Å². The minimum Gasteiger partial charge on any atom is -0.367 e. The quantitative estimate of drug-likeness (QED) is 0.481. The highest BCUT2D eigenvalue weighted by atomic mass is 15.3. The van der Waals surface area contributed by atoms with E-state index in [-0.39, 0.29) is 0 Å². The van der Waals surface area contributed by atoms with E-state index in [4.69, 9.17) is 0 Å². The molecule has 0 aliphatic carbocycles. The Hall–Kier alpha value is -3.66. The second-order valence-electron chi connectivity index (χ2n) is 7.49. The third-order valence-electron chi connectivity index (χ3n) is 5.69. The number of aromatic nitrogens is 2. The second-order valence-corrected chi connectivity index (χ2v) is 7.49. The first kappa shape index (κ1) is 18.4. The largest absolute Gasteiger partial charge is 0.367 e. The molecule has 1 aliphatic rings. The minimum atomic E-state index is 0.918. The van der Waals surface area contributed by atoms with E-state index in [0.29, 0.717) is 0 Å². The van der Waals surface area contributed by atoms with Gasteiger partial charge in [-0.15, -0.1) is 5.10 Å². The van der Waals surface area contributed by atoms with Gasteiger partial charge >= 0.3 is 0 Å². The van der Waals surface area contributed by atoms with Crippen molar-refractivity contribution in [3.8, 4) is 22.3 Å². The number of anilines is 2. The molecule has 4 aromatic rings. The van der Waals surface area contributed by atoms with Crippen LogP contribution in [0.1, 0.15) is 0 Å². The molecule has 3 aromatic carbocycles. The standard InChI is InChI=1S/C26H24N4/c1-3-9-21(10-4-1)23-13-7-8-14-25(23)29-17-19-30(20-18-29)26-24(15-16-27-28-26)22-11-5-2-6-12-22/h1-16H,17-20H2. The molecule has 0 bridgehead atoms. The number of para-hydroxylation sites is 1. The van der Waals surface area contributed by atoms with Gasteiger partial charge in [0.15, 0.2) is 5.82 Å². The van der Waals surface area contributed by atoms with Crippen LogP contribution >= 0.6 is 0 Å². The van der Waals surface area contributed by atoms with E-state index in [1.54, 1.807) is 6.20 Å². The summed E-state index contributed by atoms with van der Waals surface area (Å²) >= 11 is 0. The van der Waals surface area contributed by atoms with E-state index in [1.807, 2.05) is 6.07 Å². The summed E-state index contributed by atoms with van der Waals surface area (Å²) in [6.07, 6.45) is 1.78. The lowest BCUT2D eigenvalue weighted by molar-refractivity contribution is 0.644. The number of nitrogens with zero attached hydrogens (tertiary/aromatic N) is 4. The van der Waals surface area contributed by atoms with Crippen LogP contribution < -0.4 is 9.80 Å². The third kappa shape index (κ3) is 3.64. The molecule has 4 heteroatoms. The monoisotopic (exact) mass is 392 g/mol. The van der Waals surface area contributed by atoms with Gasteiger partial charge in [0.2, 0.25) is 0 Å². The minimum absolute atomic E-state index is 0.918. The van der Waals surface area contributed by atoms with Gasteiger partial charge in [0.1, 0.15) is 0 Å². The van der Waals surface area contributed by atoms with E-state index in [0.717, 1.165) is 37.6 Å². The Balaban J connectivity index is 1.38. The van der Waals surface area contributed by atoms with Crippen LogP contribution in [0.15, 0.2) is 97.2 Å². The van der Waals surface area contributed by atoms with Crippen LogP contribution in [0.2, 0.25) is 0 Å². The first-order valence-electron chi connectivity index (χ1n) is 10.4. The highest BCUT2D eigenvalue weighted by Gasteiger charge is 2.22. The number of hydrogen-bond acceptors (Lipinski definition) is 4. The smallest absolute Gasteiger partial charge is 0.159 e. The van der Waals surface area contributed by atoms with Crippen molar-refractivity contribution >= 4 is 11.5 Å². The van der Waals surface area contributed by atoms with E-state index in [9.17, 15) is 0 Å². The molecule has 0 amide bonds. The van der Waals surface area contributed by atoms with Gasteiger partial charge in [0.25, 0.3) is 0 Å². The molecule has 0 radical (unpaired) electrons. The predicted molar refractivity (Wildman–Crippen MR) is 124 cm³/mol. The molecule has 0 spiro atoms. The van der Waals surface area contributed by atoms with Crippen molar-refractivity contribution in [2.24, 2.45) is 0 Å². The molecule has 0 atom stereocenters. The molecule has 1 aromatic heterocycles. The maximum atomic E-state index is 4.50. The lowest BCUT2D eigenvalue weighted by atomic mass is 10.0. The molecule has 0 N–H and O–H groups in total. The zero-order chi connectivity index (χ0) is 20.2. The SMILES string of the molecule is c1ccc(-c2ccccc2N2CCN(c3nnccc3-c3ccccc3)CC2)cc1. The molecule has 0 saturated carbocycles. The summed E-state index contributed by atoms with van der Waals surface area (Å²) in [6.45, 7) is 3.74. The number of rotatable bonds is 4. The number of benzene rings is 3. The molecular weight excluding hydrogens is 368 g/mol. The fourth-order valence-corrected chi connectivity index (χ4v) is 4.17. The summed E-state index contributed by atoms with van der Waals surface area (Å²) in [5.74, 6) is 0.972. The fourth-order valence-electron chi connectivity index (χ4n) is 4.17. The van der Waals surface area contributed by atoms with Gasteiger partial charge in [-0.05, 0) is 23.3 Å². The molecule has 148 valence electrons. The van der Waals surface area contributed by atoms with Gasteiger partial charge in [0, 0.05) is 43.0 Å². The Bertz CT molecular complexity index is 1010. The maximum absolute atomic E-state index is 4.50. The topological polar surface area (TPSA) is 32.3 Å². The predicted octanol–water partition coefficient (Wildman–Crippen LogP) is 5.14. The van der Waals surface area contributed by atoms with Crippen molar-refractivity contribution in [1.29, 1.82) is 0 Å². The molecule has 2 heterocycles. The zero-order valence-electron chi connectivity index (χ0n) is 16.9. The first-order chi connectivity index (χ1) is 14.9. The van der Waals surface area contributed by atoms with E-state index >= 15 is 0 Å². The van der Waals surface area contributed by atoms with Gasteiger partial charge in [0.05, 0.1) is 6.20 Å². The maximum Gasteiger partial charge on any atom is 0.159 e. The Morgan fingerprint density at radius 2 is 1.10 bits per heavy atom. The molecule has 4 nitrogen and oxygen atoms in total. The van der Waals surface area contributed by atoms with Crippen LogP contribution in [0.25, 0.3) is 22.3 Å². The fraction of sp³-hybridized carbons (Fsp3) is 0.154. The van der Waals surface area contributed by atoms with Crippen LogP contribution in [-0.2, 0) is 0 Å². The van der Waals surface area contributed by atoms with Gasteiger partial charge < -0.3 is 9.80 Å². The molecule has 5 rings (SSSR count). The van der Waals surface area contributed by atoms with Crippen LogP contribution in [0.4, 0.5) is 11.5 Å². The summed E-state index contributed by atoms with van der Waals surface area (Å²) in [7, 11) is 0. The normalized spacial score (nSPS) is 14.0. The van der Waals surface area contributed by atoms with Gasteiger partial charge in [-0.1, -0.05) is 78.9 Å². The number of piperazine rings is 1. The highest BCUT2D eigenvalue weighted by Crippen LogP contribution is 2.33. The summed E-state index contributed by atoms with van der Waals surface area (Å²) < 4.78 is 0. The second kappa shape index (κ2) is 8.37. The molecule has 1 aliphatic heterocycles. The van der Waals surface area contributed by atoms with Crippen molar-refractivity contribution in [3.63, 3.8) is 0 Å². The van der Waals surface area contributed by atoms with Crippen molar-refractivity contribution in [2.75, 3.05) is 36.0 Å². The zero-order valence-corrected chi connectivity index (χ0v) is 16.9. The lowest BCUT2D eigenvalue weighted by Gasteiger charge is -2.38. The number of hydrogen-bond donors (Lipinski definition) is 0. The average Bonchev–Trinajstić information content (AvgIpc) is 2.85. The summed E-state index contributed by atoms with van der Waals surface area (Å²) in [6, 6.07) is 31.8. The Morgan fingerprint density at radius 1 is 0.533 bits per heavy atom. The Morgan fingerprint density at radius 3 is 1.80 bits per heavy atom. The Kier molecular flexibility index (Phi) is 5.13. The van der Waals surface area contributed by atoms with Gasteiger partial charge in [-0.3, -0.25) is 0 Å². The van der Waals surface area contributed by atoms with Crippen molar-refractivity contribution in [1.82, 2.24) is 10.2 Å². The van der Waals surface area contributed by atoms with Crippen LogP contribution in [0.3, 0.4) is 0 Å². The molecule has 30 heavy (non-hydrogen) atoms. The summed E-state index contributed by atoms with van der Waals surface area (Å²) in [5.41, 5.74) is 6.17. The van der Waals surface area contributed by atoms with Crippen LogP contribution in [0, 0.1) is 0 Å². The summed E-state index contributed by atoms with van der Waals surface area (Å²) in [4.78, 5) is 4.84. The van der Waals surface area contributed by atoms with E-state index in [1.165, 1.54) is 22.4 Å². The lowest BCUT2D eigenvalue weighted by Crippen LogP contribution is -2.47. The van der Waals surface area contributed by atoms with Crippen molar-refractivity contribution < 1.29 is 0 Å². The molecule has 1 saturated heterocycles. The third-order valence-corrected chi connectivity index (χ3v) is 5.69. The van der Waals surface area contributed by atoms with E-state index in [2.05, 4.69) is 105 Å².